The summed E-state index contributed by atoms with van der Waals surface area (Å²) in [7, 11) is -1.20. The number of hydrogen-bond acceptors (Lipinski definition) is 5. The topological polar surface area (TPSA) is 70.8 Å². The van der Waals surface area contributed by atoms with Crippen LogP contribution in [-0.4, -0.2) is 67.9 Å². The summed E-state index contributed by atoms with van der Waals surface area (Å²) in [5.74, 6) is 1.21. The number of likely N-dealkylation sites (N-methyl/N-ethyl adjacent to an activating group) is 1. The van der Waals surface area contributed by atoms with Gasteiger partial charge in [-0.25, -0.2) is 8.42 Å². The lowest BCUT2D eigenvalue weighted by Gasteiger charge is -2.42. The molecule has 138 valence electrons. The van der Waals surface area contributed by atoms with Crippen molar-refractivity contribution >= 4 is 15.7 Å². The Balaban J connectivity index is 1.71. The molecule has 2 aliphatic rings. The largest absolute Gasteiger partial charge is 0.461 e. The van der Waals surface area contributed by atoms with Crippen LogP contribution in [0.2, 0.25) is 0 Å². The predicted molar refractivity (Wildman–Crippen MR) is 98.8 cm³/mol. The highest BCUT2D eigenvalue weighted by Gasteiger charge is 2.47. The van der Waals surface area contributed by atoms with Crippen LogP contribution >= 0.6 is 0 Å². The van der Waals surface area contributed by atoms with Gasteiger partial charge in [-0.2, -0.15) is 0 Å². The highest BCUT2D eigenvalue weighted by molar-refractivity contribution is 7.91. The molecule has 0 spiro atoms. The normalized spacial score (nSPS) is 25.2. The van der Waals surface area contributed by atoms with E-state index in [0.29, 0.717) is 30.2 Å². The summed E-state index contributed by atoms with van der Waals surface area (Å²) in [6.45, 7) is 3.00. The van der Waals surface area contributed by atoms with Crippen molar-refractivity contribution in [3.05, 3.63) is 47.7 Å². The molecule has 0 N–H and O–H groups in total. The van der Waals surface area contributed by atoms with Crippen LogP contribution in [0.25, 0.3) is 11.3 Å². The first kappa shape index (κ1) is 17.3. The predicted octanol–water partition coefficient (Wildman–Crippen LogP) is 1.81. The number of aryl methyl sites for hydroxylation is 1. The quantitative estimate of drug-likeness (QED) is 0.802. The summed E-state index contributed by atoms with van der Waals surface area (Å²) in [6, 6.07) is 10.8. The Kier molecular flexibility index (Phi) is 4.16. The standard InChI is InChI=1S/C19H22N2O4S/c1-13-10-15(18(25-13)14-6-4-3-5-7-14)19(22)21-9-8-20(2)16-11-26(23,24)12-17(16)21/h3-7,10,16-17H,8-9,11-12H2,1-2H3/t16-,17+/m0/s1. The third-order valence-electron chi connectivity index (χ3n) is 5.34. The number of hydrogen-bond donors (Lipinski definition) is 0. The maximum Gasteiger partial charge on any atom is 0.258 e. The molecule has 0 radical (unpaired) electrons. The Labute approximate surface area is 153 Å². The van der Waals surface area contributed by atoms with Crippen LogP contribution in [-0.2, 0) is 9.84 Å². The van der Waals surface area contributed by atoms with Gasteiger partial charge in [0.1, 0.15) is 11.5 Å². The Morgan fingerprint density at radius 2 is 1.81 bits per heavy atom. The van der Waals surface area contributed by atoms with Gasteiger partial charge in [0.05, 0.1) is 23.1 Å². The van der Waals surface area contributed by atoms with Crippen LogP contribution in [0.3, 0.4) is 0 Å². The number of rotatable bonds is 2. The van der Waals surface area contributed by atoms with Gasteiger partial charge in [-0.15, -0.1) is 0 Å². The third-order valence-corrected chi connectivity index (χ3v) is 7.03. The molecule has 1 aromatic heterocycles. The van der Waals surface area contributed by atoms with E-state index in [1.165, 1.54) is 0 Å². The van der Waals surface area contributed by atoms with E-state index in [0.717, 1.165) is 5.56 Å². The fraction of sp³-hybridized carbons (Fsp3) is 0.421. The summed E-state index contributed by atoms with van der Waals surface area (Å²) in [4.78, 5) is 17.1. The number of nitrogens with zero attached hydrogens (tertiary/aromatic N) is 2. The minimum absolute atomic E-state index is 0.0330. The molecular weight excluding hydrogens is 352 g/mol. The Morgan fingerprint density at radius 3 is 2.54 bits per heavy atom. The lowest BCUT2D eigenvalue weighted by atomic mass is 10.0. The van der Waals surface area contributed by atoms with E-state index >= 15 is 0 Å². The Hall–Kier alpha value is -2.12. The second-order valence-corrected chi connectivity index (χ2v) is 9.31. The van der Waals surface area contributed by atoms with Crippen molar-refractivity contribution in [2.45, 2.75) is 19.0 Å². The minimum atomic E-state index is -3.13. The van der Waals surface area contributed by atoms with Crippen molar-refractivity contribution in [3.8, 4) is 11.3 Å². The van der Waals surface area contributed by atoms with Gasteiger partial charge in [-0.05, 0) is 20.0 Å². The molecule has 3 heterocycles. The monoisotopic (exact) mass is 374 g/mol. The zero-order valence-electron chi connectivity index (χ0n) is 14.9. The lowest BCUT2D eigenvalue weighted by molar-refractivity contribution is 0.0410. The van der Waals surface area contributed by atoms with Crippen LogP contribution < -0.4 is 0 Å². The number of furan rings is 1. The summed E-state index contributed by atoms with van der Waals surface area (Å²) < 4.78 is 30.1. The van der Waals surface area contributed by atoms with Gasteiger partial charge in [0.2, 0.25) is 0 Å². The van der Waals surface area contributed by atoms with E-state index in [-0.39, 0.29) is 29.5 Å². The number of amides is 1. The first-order valence-electron chi connectivity index (χ1n) is 8.73. The summed E-state index contributed by atoms with van der Waals surface area (Å²) in [5.41, 5.74) is 1.34. The van der Waals surface area contributed by atoms with Crippen LogP contribution in [0.5, 0.6) is 0 Å². The average Bonchev–Trinajstić information content (AvgIpc) is 3.15. The second-order valence-electron chi connectivity index (χ2n) is 7.16. The smallest absolute Gasteiger partial charge is 0.258 e. The Bertz CT molecular complexity index is 936. The molecule has 0 unspecified atom stereocenters. The summed E-state index contributed by atoms with van der Waals surface area (Å²) in [5, 5.41) is 0. The maximum absolute atomic E-state index is 13.3. The first-order chi connectivity index (χ1) is 12.4. The molecule has 2 aliphatic heterocycles. The van der Waals surface area contributed by atoms with Crippen LogP contribution in [0.1, 0.15) is 16.1 Å². The molecule has 0 saturated carbocycles. The highest BCUT2D eigenvalue weighted by Crippen LogP contribution is 2.32. The number of sulfone groups is 1. The van der Waals surface area contributed by atoms with Crippen LogP contribution in [0, 0.1) is 6.92 Å². The third kappa shape index (κ3) is 2.95. The van der Waals surface area contributed by atoms with Gasteiger partial charge >= 0.3 is 0 Å². The number of benzene rings is 1. The van der Waals surface area contributed by atoms with Crippen LogP contribution in [0.15, 0.2) is 40.8 Å². The van der Waals surface area contributed by atoms with Crippen molar-refractivity contribution in [1.82, 2.24) is 9.80 Å². The summed E-state index contributed by atoms with van der Waals surface area (Å²) >= 11 is 0. The van der Waals surface area contributed by atoms with Crippen LogP contribution in [0.4, 0.5) is 0 Å². The van der Waals surface area contributed by atoms with Gasteiger partial charge in [0, 0.05) is 24.7 Å². The van der Waals surface area contributed by atoms with E-state index in [1.807, 2.05) is 44.3 Å². The molecule has 26 heavy (non-hydrogen) atoms. The second kappa shape index (κ2) is 6.25. The van der Waals surface area contributed by atoms with E-state index in [9.17, 15) is 13.2 Å². The van der Waals surface area contributed by atoms with Gasteiger partial charge in [-0.1, -0.05) is 30.3 Å². The zero-order chi connectivity index (χ0) is 18.5. The molecule has 2 aromatic rings. The van der Waals surface area contributed by atoms with Gasteiger partial charge in [0.25, 0.3) is 5.91 Å². The van der Waals surface area contributed by atoms with Crippen molar-refractivity contribution in [1.29, 1.82) is 0 Å². The molecule has 0 bridgehead atoms. The SMILES string of the molecule is Cc1cc(C(=O)N2CCN(C)[C@H]3CS(=O)(=O)C[C@H]32)c(-c2ccccc2)o1. The molecule has 1 aromatic carbocycles. The van der Waals surface area contributed by atoms with E-state index in [1.54, 1.807) is 11.0 Å². The molecule has 4 rings (SSSR count). The zero-order valence-corrected chi connectivity index (χ0v) is 15.7. The van der Waals surface area contributed by atoms with E-state index in [4.69, 9.17) is 4.42 Å². The fourth-order valence-electron chi connectivity index (χ4n) is 4.01. The number of piperazine rings is 1. The maximum atomic E-state index is 13.3. The van der Waals surface area contributed by atoms with Crippen molar-refractivity contribution < 1.29 is 17.6 Å². The number of carbonyl (C=O) groups is 1. The highest BCUT2D eigenvalue weighted by atomic mass is 32.2. The molecule has 2 atom stereocenters. The molecule has 2 saturated heterocycles. The van der Waals surface area contributed by atoms with E-state index in [2.05, 4.69) is 4.90 Å². The van der Waals surface area contributed by atoms with Crippen molar-refractivity contribution in [2.24, 2.45) is 0 Å². The molecule has 7 heteroatoms. The minimum Gasteiger partial charge on any atom is -0.461 e. The van der Waals surface area contributed by atoms with Crippen molar-refractivity contribution in [2.75, 3.05) is 31.6 Å². The molecule has 0 aliphatic carbocycles. The molecule has 6 nitrogen and oxygen atoms in total. The fourth-order valence-corrected chi connectivity index (χ4v) is 6.07. The molecule has 1 amide bonds. The van der Waals surface area contributed by atoms with E-state index < -0.39 is 9.84 Å². The average molecular weight is 374 g/mol. The van der Waals surface area contributed by atoms with Crippen molar-refractivity contribution in [3.63, 3.8) is 0 Å². The van der Waals surface area contributed by atoms with Gasteiger partial charge in [0.15, 0.2) is 9.84 Å². The number of fused-ring (bicyclic) bond motifs is 1. The Morgan fingerprint density at radius 1 is 1.12 bits per heavy atom. The van der Waals surface area contributed by atoms with Gasteiger partial charge < -0.3 is 9.32 Å². The van der Waals surface area contributed by atoms with Gasteiger partial charge in [-0.3, -0.25) is 9.69 Å². The summed E-state index contributed by atoms with van der Waals surface area (Å²) in [6.07, 6.45) is 0. The number of carbonyl (C=O) groups excluding carboxylic acids is 1. The molecular formula is C19H22N2O4S. The molecule has 2 fully saturated rings. The first-order valence-corrected chi connectivity index (χ1v) is 10.6. The lowest BCUT2D eigenvalue weighted by Crippen LogP contribution is -2.59.